The summed E-state index contributed by atoms with van der Waals surface area (Å²) in [5.41, 5.74) is -0.152. The Morgan fingerprint density at radius 2 is 2.10 bits per heavy atom. The normalized spacial score (nSPS) is 12.2. The molecule has 0 radical (unpaired) electrons. The lowest BCUT2D eigenvalue weighted by molar-refractivity contribution is -0.385. The van der Waals surface area contributed by atoms with Gasteiger partial charge in [0, 0.05) is 15.4 Å². The minimum absolute atomic E-state index is 0.147. The van der Waals surface area contributed by atoms with E-state index in [0.717, 1.165) is 15.8 Å². The Morgan fingerprint density at radius 3 is 2.65 bits per heavy atom. The summed E-state index contributed by atoms with van der Waals surface area (Å²) < 4.78 is 7.12. The van der Waals surface area contributed by atoms with E-state index < -0.39 is 11.0 Å². The van der Waals surface area contributed by atoms with Crippen molar-refractivity contribution < 1.29 is 14.8 Å². The number of rotatable bonds is 4. The first-order valence-electron chi connectivity index (χ1n) is 5.47. The van der Waals surface area contributed by atoms with E-state index in [4.69, 9.17) is 4.74 Å². The Labute approximate surface area is 135 Å². The monoisotopic (exact) mass is 421 g/mol. The molecule has 0 aliphatic carbocycles. The quantitative estimate of drug-likeness (QED) is 0.554. The van der Waals surface area contributed by atoms with Crippen LogP contribution in [0.25, 0.3) is 0 Å². The molecule has 0 spiro atoms. The second-order valence-electron chi connectivity index (χ2n) is 3.93. The maximum Gasteiger partial charge on any atom is 0.323 e. The van der Waals surface area contributed by atoms with E-state index >= 15 is 0 Å². The third-order valence-corrected chi connectivity index (χ3v) is 4.69. The van der Waals surface area contributed by atoms with E-state index in [1.165, 1.54) is 6.07 Å². The second kappa shape index (κ2) is 6.21. The number of nitro groups is 1. The first kappa shape index (κ1) is 15.4. The van der Waals surface area contributed by atoms with Crippen LogP contribution >= 0.6 is 43.2 Å². The van der Waals surface area contributed by atoms with Crippen molar-refractivity contribution in [1.29, 1.82) is 0 Å². The van der Waals surface area contributed by atoms with Crippen molar-refractivity contribution in [3.63, 3.8) is 0 Å². The number of nitrogens with zero attached hydrogens (tertiary/aromatic N) is 1. The van der Waals surface area contributed by atoms with Gasteiger partial charge in [0.2, 0.25) is 0 Å². The van der Waals surface area contributed by atoms with Crippen molar-refractivity contribution >= 4 is 48.9 Å². The summed E-state index contributed by atoms with van der Waals surface area (Å²) in [7, 11) is 0. The number of ether oxygens (including phenoxy) is 1. The van der Waals surface area contributed by atoms with Crippen LogP contribution in [0, 0.1) is 10.1 Å². The number of hydrogen-bond acceptors (Lipinski definition) is 5. The Kier molecular flexibility index (Phi) is 4.79. The summed E-state index contributed by atoms with van der Waals surface area (Å²) in [4.78, 5) is 11.0. The van der Waals surface area contributed by atoms with Crippen molar-refractivity contribution in [1.82, 2.24) is 0 Å². The topological polar surface area (TPSA) is 72.6 Å². The minimum Gasteiger partial charge on any atom is -0.439 e. The molecule has 106 valence electrons. The van der Waals surface area contributed by atoms with E-state index in [9.17, 15) is 15.2 Å². The number of hydrogen-bond donors (Lipinski definition) is 1. The molecule has 0 saturated heterocycles. The average molecular weight is 423 g/mol. The van der Waals surface area contributed by atoms with Gasteiger partial charge in [0.15, 0.2) is 0 Å². The summed E-state index contributed by atoms with van der Waals surface area (Å²) in [6.07, 6.45) is -0.774. The molecule has 2 rings (SSSR count). The van der Waals surface area contributed by atoms with E-state index in [1.54, 1.807) is 25.1 Å². The van der Waals surface area contributed by atoms with Crippen molar-refractivity contribution in [3.8, 4) is 10.8 Å². The zero-order chi connectivity index (χ0) is 14.9. The molecule has 0 fully saturated rings. The van der Waals surface area contributed by atoms with Gasteiger partial charge < -0.3 is 9.84 Å². The van der Waals surface area contributed by atoms with Crippen molar-refractivity contribution in [2.24, 2.45) is 0 Å². The summed E-state index contributed by atoms with van der Waals surface area (Å²) in [6, 6.07) is 6.58. The number of aliphatic hydroxyl groups is 1. The third-order valence-electron chi connectivity index (χ3n) is 2.40. The minimum atomic E-state index is -0.774. The standard InChI is InChI=1S/C12H9Br2NO4S/c1-6(16)11-5-9(15(17)18)12(20-11)19-10-3-2-7(13)4-8(10)14/h2-6,16H,1H3. The van der Waals surface area contributed by atoms with Gasteiger partial charge in [-0.15, -0.1) is 0 Å². The fourth-order valence-corrected chi connectivity index (χ4v) is 3.50. The van der Waals surface area contributed by atoms with E-state index in [2.05, 4.69) is 31.9 Å². The molecule has 0 bridgehead atoms. The molecule has 2 aromatic rings. The summed E-state index contributed by atoms with van der Waals surface area (Å²) >= 11 is 7.71. The largest absolute Gasteiger partial charge is 0.439 e. The molecule has 1 heterocycles. The van der Waals surface area contributed by atoms with Crippen molar-refractivity contribution in [2.45, 2.75) is 13.0 Å². The molecule has 0 aliphatic rings. The third kappa shape index (κ3) is 3.38. The molecule has 1 atom stereocenters. The highest BCUT2D eigenvalue weighted by Gasteiger charge is 2.23. The number of benzene rings is 1. The second-order valence-corrected chi connectivity index (χ2v) is 6.75. The number of aliphatic hydroxyl groups excluding tert-OH is 1. The maximum atomic E-state index is 11.0. The Hall–Kier alpha value is -0.960. The van der Waals surface area contributed by atoms with Crippen LogP contribution in [0.5, 0.6) is 10.8 Å². The number of thiophene rings is 1. The van der Waals surface area contributed by atoms with Gasteiger partial charge in [-0.05, 0) is 41.1 Å². The van der Waals surface area contributed by atoms with Crippen LogP contribution in [0.15, 0.2) is 33.2 Å². The highest BCUT2D eigenvalue weighted by molar-refractivity contribution is 9.11. The molecule has 1 N–H and O–H groups in total. The first-order valence-corrected chi connectivity index (χ1v) is 7.88. The van der Waals surface area contributed by atoms with Crippen LogP contribution in [0.3, 0.4) is 0 Å². The Bertz CT molecular complexity index is 657. The smallest absolute Gasteiger partial charge is 0.323 e. The predicted octanol–water partition coefficient (Wildman–Crippen LogP) is 5.03. The molecule has 1 unspecified atom stereocenters. The summed E-state index contributed by atoms with van der Waals surface area (Å²) in [5.74, 6) is 0.468. The Balaban J connectivity index is 2.39. The van der Waals surface area contributed by atoms with Crippen LogP contribution in [-0.4, -0.2) is 10.0 Å². The van der Waals surface area contributed by atoms with E-state index in [-0.39, 0.29) is 10.8 Å². The average Bonchev–Trinajstić information content (AvgIpc) is 2.77. The van der Waals surface area contributed by atoms with Gasteiger partial charge in [-0.2, -0.15) is 0 Å². The fraction of sp³-hybridized carbons (Fsp3) is 0.167. The SMILES string of the molecule is CC(O)c1cc([N+](=O)[O-])c(Oc2ccc(Br)cc2Br)s1. The lowest BCUT2D eigenvalue weighted by Gasteiger charge is -2.05. The zero-order valence-electron chi connectivity index (χ0n) is 10.2. The summed E-state index contributed by atoms with van der Waals surface area (Å²) in [6.45, 7) is 1.55. The molecule has 20 heavy (non-hydrogen) atoms. The van der Waals surface area contributed by atoms with Crippen LogP contribution in [0.4, 0.5) is 5.69 Å². The molecule has 8 heteroatoms. The molecular formula is C12H9Br2NO4S. The van der Waals surface area contributed by atoms with Gasteiger partial charge >= 0.3 is 5.69 Å². The first-order chi connectivity index (χ1) is 9.38. The molecule has 1 aromatic carbocycles. The fourth-order valence-electron chi connectivity index (χ4n) is 1.45. The highest BCUT2D eigenvalue weighted by atomic mass is 79.9. The van der Waals surface area contributed by atoms with Crippen LogP contribution < -0.4 is 4.74 Å². The molecule has 1 aromatic heterocycles. The number of halogens is 2. The molecule has 0 amide bonds. The zero-order valence-corrected chi connectivity index (χ0v) is 14.2. The predicted molar refractivity (Wildman–Crippen MR) is 83.5 cm³/mol. The van der Waals surface area contributed by atoms with Crippen molar-refractivity contribution in [2.75, 3.05) is 0 Å². The van der Waals surface area contributed by atoms with E-state index in [0.29, 0.717) is 15.1 Å². The van der Waals surface area contributed by atoms with Crippen LogP contribution in [0.1, 0.15) is 17.9 Å². The van der Waals surface area contributed by atoms with Crippen LogP contribution in [0.2, 0.25) is 0 Å². The van der Waals surface area contributed by atoms with E-state index in [1.807, 2.05) is 0 Å². The molecular weight excluding hydrogens is 414 g/mol. The maximum absolute atomic E-state index is 11.0. The van der Waals surface area contributed by atoms with Gasteiger partial charge in [-0.25, -0.2) is 0 Å². The molecule has 0 saturated carbocycles. The lowest BCUT2D eigenvalue weighted by Crippen LogP contribution is -1.90. The lowest BCUT2D eigenvalue weighted by atomic mass is 10.3. The van der Waals surface area contributed by atoms with Gasteiger partial charge in [-0.1, -0.05) is 27.3 Å². The van der Waals surface area contributed by atoms with Gasteiger partial charge in [-0.3, -0.25) is 10.1 Å². The molecule has 0 aliphatic heterocycles. The van der Waals surface area contributed by atoms with Gasteiger partial charge in [0.25, 0.3) is 5.06 Å². The molecule has 5 nitrogen and oxygen atoms in total. The Morgan fingerprint density at radius 1 is 1.40 bits per heavy atom. The highest BCUT2D eigenvalue weighted by Crippen LogP contribution is 2.43. The van der Waals surface area contributed by atoms with Crippen LogP contribution in [-0.2, 0) is 0 Å². The summed E-state index contributed by atoms with van der Waals surface area (Å²) in [5, 5.41) is 20.7. The van der Waals surface area contributed by atoms with Crippen molar-refractivity contribution in [3.05, 3.63) is 48.2 Å². The van der Waals surface area contributed by atoms with Gasteiger partial charge in [0.1, 0.15) is 5.75 Å². The van der Waals surface area contributed by atoms with Gasteiger partial charge in [0.05, 0.1) is 15.5 Å².